The van der Waals surface area contributed by atoms with E-state index in [-0.39, 0.29) is 37.5 Å². The summed E-state index contributed by atoms with van der Waals surface area (Å²) in [5.41, 5.74) is 2.37. The molecule has 2 aromatic carbocycles. The first-order valence-electron chi connectivity index (χ1n) is 12.5. The lowest BCUT2D eigenvalue weighted by Crippen LogP contribution is -2.46. The van der Waals surface area contributed by atoms with Crippen molar-refractivity contribution >= 4 is 56.1 Å². The van der Waals surface area contributed by atoms with Gasteiger partial charge in [-0.25, -0.2) is 9.37 Å². The molecule has 1 amide bonds. The van der Waals surface area contributed by atoms with Gasteiger partial charge in [0.1, 0.15) is 11.6 Å². The number of aliphatic carboxylic acids is 1. The van der Waals surface area contributed by atoms with E-state index < -0.39 is 17.7 Å². The van der Waals surface area contributed by atoms with Gasteiger partial charge in [0.25, 0.3) is 5.91 Å². The van der Waals surface area contributed by atoms with E-state index in [0.717, 1.165) is 15.9 Å². The lowest BCUT2D eigenvalue weighted by molar-refractivity contribution is -0.137. The largest absolute Gasteiger partial charge is 0.481 e. The van der Waals surface area contributed by atoms with E-state index in [4.69, 9.17) is 21.3 Å². The molecule has 4 rings (SSSR count). The summed E-state index contributed by atoms with van der Waals surface area (Å²) in [6, 6.07) is 9.60. The molecule has 1 aliphatic rings. The average Bonchev–Trinajstić information content (AvgIpc) is 2.84. The Labute approximate surface area is 234 Å². The summed E-state index contributed by atoms with van der Waals surface area (Å²) < 4.78 is 20.7. The van der Waals surface area contributed by atoms with Gasteiger partial charge in [-0.2, -0.15) is 0 Å². The SMILES string of the molecule is Cc1c(N2CC(C)OC(C)C2)nc2ccc(Br)cc2c1C(=O)NCC(CCC(=O)O)c1cc(F)ccc1Cl. The van der Waals surface area contributed by atoms with E-state index in [9.17, 15) is 19.1 Å². The minimum Gasteiger partial charge on any atom is -0.481 e. The molecule has 1 aliphatic heterocycles. The molecule has 3 unspecified atom stereocenters. The fourth-order valence-electron chi connectivity index (χ4n) is 5.07. The maximum Gasteiger partial charge on any atom is 0.303 e. The lowest BCUT2D eigenvalue weighted by atomic mass is 9.93. The van der Waals surface area contributed by atoms with Crippen LogP contribution in [0.5, 0.6) is 0 Å². The Kier molecular flexibility index (Phi) is 8.90. The quantitative estimate of drug-likeness (QED) is 0.323. The number of hydrogen-bond acceptors (Lipinski definition) is 5. The van der Waals surface area contributed by atoms with Crippen LogP contribution in [-0.2, 0) is 9.53 Å². The molecule has 0 spiro atoms. The lowest BCUT2D eigenvalue weighted by Gasteiger charge is -2.37. The van der Waals surface area contributed by atoms with Crippen molar-refractivity contribution in [2.75, 3.05) is 24.5 Å². The molecule has 0 saturated carbocycles. The van der Waals surface area contributed by atoms with Crippen molar-refractivity contribution in [3.8, 4) is 0 Å². The van der Waals surface area contributed by atoms with Gasteiger partial charge in [0, 0.05) is 52.4 Å². The van der Waals surface area contributed by atoms with Gasteiger partial charge in [-0.1, -0.05) is 27.5 Å². The second kappa shape index (κ2) is 12.0. The predicted molar refractivity (Wildman–Crippen MR) is 150 cm³/mol. The molecule has 1 aromatic heterocycles. The van der Waals surface area contributed by atoms with Crippen LogP contribution in [0.4, 0.5) is 10.2 Å². The molecule has 7 nitrogen and oxygen atoms in total. The summed E-state index contributed by atoms with van der Waals surface area (Å²) in [6.45, 7) is 7.30. The highest BCUT2D eigenvalue weighted by Gasteiger charge is 2.28. The average molecular weight is 607 g/mol. The summed E-state index contributed by atoms with van der Waals surface area (Å²) in [7, 11) is 0. The maximum absolute atomic E-state index is 14.0. The number of aromatic nitrogens is 1. The summed E-state index contributed by atoms with van der Waals surface area (Å²) in [5.74, 6) is -1.54. The monoisotopic (exact) mass is 605 g/mol. The van der Waals surface area contributed by atoms with Crippen molar-refractivity contribution < 1.29 is 23.8 Å². The number of fused-ring (bicyclic) bond motifs is 1. The molecule has 202 valence electrons. The third kappa shape index (κ3) is 6.45. The van der Waals surface area contributed by atoms with E-state index in [2.05, 4.69) is 26.1 Å². The number of benzene rings is 2. The Hall–Kier alpha value is -2.75. The Balaban J connectivity index is 1.70. The van der Waals surface area contributed by atoms with Gasteiger partial charge in [-0.3, -0.25) is 9.59 Å². The van der Waals surface area contributed by atoms with Gasteiger partial charge in [-0.15, -0.1) is 0 Å². The zero-order valence-electron chi connectivity index (χ0n) is 21.4. The molecule has 0 aliphatic carbocycles. The van der Waals surface area contributed by atoms with E-state index in [1.807, 2.05) is 39.0 Å². The van der Waals surface area contributed by atoms with Gasteiger partial charge in [0.05, 0.1) is 23.3 Å². The normalized spacial score (nSPS) is 18.4. The molecule has 3 atom stereocenters. The van der Waals surface area contributed by atoms with Gasteiger partial charge >= 0.3 is 5.97 Å². The van der Waals surface area contributed by atoms with Crippen LogP contribution in [0, 0.1) is 12.7 Å². The molecule has 3 aromatic rings. The van der Waals surface area contributed by atoms with Gasteiger partial charge in [0.15, 0.2) is 0 Å². The second-order valence-corrected chi connectivity index (χ2v) is 11.1. The molecular weight excluding hydrogens is 577 g/mol. The Bertz CT molecular complexity index is 1360. The highest BCUT2D eigenvalue weighted by atomic mass is 79.9. The third-order valence-electron chi connectivity index (χ3n) is 6.72. The molecule has 2 N–H and O–H groups in total. The van der Waals surface area contributed by atoms with Crippen molar-refractivity contribution in [2.24, 2.45) is 0 Å². The van der Waals surface area contributed by atoms with Crippen LogP contribution in [0.1, 0.15) is 54.1 Å². The Morgan fingerprint density at radius 3 is 2.63 bits per heavy atom. The number of amides is 1. The van der Waals surface area contributed by atoms with Crippen molar-refractivity contribution in [1.29, 1.82) is 0 Å². The van der Waals surface area contributed by atoms with Gasteiger partial charge < -0.3 is 20.1 Å². The number of carboxylic acid groups (broad SMARTS) is 1. The minimum absolute atomic E-state index is 0.0175. The van der Waals surface area contributed by atoms with Crippen LogP contribution in [0.2, 0.25) is 5.02 Å². The molecular formula is C28H30BrClFN3O4. The van der Waals surface area contributed by atoms with Gasteiger partial charge in [-0.05, 0) is 69.2 Å². The van der Waals surface area contributed by atoms with Crippen LogP contribution < -0.4 is 10.2 Å². The third-order valence-corrected chi connectivity index (χ3v) is 7.56. The topological polar surface area (TPSA) is 91.8 Å². The zero-order valence-corrected chi connectivity index (χ0v) is 23.8. The number of halogens is 3. The van der Waals surface area contributed by atoms with Crippen LogP contribution in [0.15, 0.2) is 40.9 Å². The fraction of sp³-hybridized carbons (Fsp3) is 0.393. The number of nitrogens with one attached hydrogen (secondary N) is 1. The molecule has 38 heavy (non-hydrogen) atoms. The second-order valence-electron chi connectivity index (χ2n) is 9.76. The highest BCUT2D eigenvalue weighted by molar-refractivity contribution is 9.10. The minimum atomic E-state index is -0.978. The maximum atomic E-state index is 14.0. The van der Waals surface area contributed by atoms with E-state index >= 15 is 0 Å². The van der Waals surface area contributed by atoms with Crippen LogP contribution in [0.3, 0.4) is 0 Å². The zero-order chi connectivity index (χ0) is 27.6. The first-order valence-corrected chi connectivity index (χ1v) is 13.7. The molecule has 1 saturated heterocycles. The Morgan fingerprint density at radius 2 is 1.95 bits per heavy atom. The molecule has 10 heteroatoms. The molecule has 0 bridgehead atoms. The summed E-state index contributed by atoms with van der Waals surface area (Å²) in [5, 5.41) is 13.2. The smallest absolute Gasteiger partial charge is 0.303 e. The number of ether oxygens (including phenoxy) is 1. The first kappa shape index (κ1) is 28.3. The molecule has 0 radical (unpaired) electrons. The first-order chi connectivity index (χ1) is 18.0. The number of pyridine rings is 1. The van der Waals surface area contributed by atoms with Crippen LogP contribution in [-0.4, -0.2) is 53.8 Å². The summed E-state index contributed by atoms with van der Waals surface area (Å²) >= 11 is 9.83. The highest BCUT2D eigenvalue weighted by Crippen LogP contribution is 2.33. The number of rotatable bonds is 8. The number of nitrogens with zero attached hydrogens (tertiary/aromatic N) is 2. The standard InChI is InChI=1S/C28H30BrClFN3O4/c1-15-13-34(14-16(2)38-15)27-17(3)26(22-10-19(29)5-8-24(22)33-27)28(37)32-12-18(4-9-25(35)36)21-11-20(31)6-7-23(21)30/h5-8,10-11,15-16,18H,4,9,12-14H2,1-3H3,(H,32,37)(H,35,36). The predicted octanol–water partition coefficient (Wildman–Crippen LogP) is 6.09. The van der Waals surface area contributed by atoms with Crippen LogP contribution >= 0.6 is 27.5 Å². The summed E-state index contributed by atoms with van der Waals surface area (Å²) in [6.07, 6.45) is 0.0808. The number of morpholine rings is 1. The number of anilines is 1. The Morgan fingerprint density at radius 1 is 1.24 bits per heavy atom. The van der Waals surface area contributed by atoms with E-state index in [0.29, 0.717) is 40.1 Å². The van der Waals surface area contributed by atoms with Crippen molar-refractivity contribution in [3.05, 3.63) is 68.4 Å². The summed E-state index contributed by atoms with van der Waals surface area (Å²) in [4.78, 5) is 32.1. The molecule has 2 heterocycles. The van der Waals surface area contributed by atoms with Crippen molar-refractivity contribution in [2.45, 2.75) is 51.7 Å². The van der Waals surface area contributed by atoms with E-state index in [1.165, 1.54) is 18.2 Å². The number of hydrogen-bond donors (Lipinski definition) is 2. The van der Waals surface area contributed by atoms with Gasteiger partial charge in [0.2, 0.25) is 0 Å². The fourth-order valence-corrected chi connectivity index (χ4v) is 5.70. The van der Waals surface area contributed by atoms with E-state index in [1.54, 1.807) is 0 Å². The van der Waals surface area contributed by atoms with Crippen LogP contribution in [0.25, 0.3) is 10.9 Å². The number of carbonyl (C=O) groups is 2. The number of carbonyl (C=O) groups excluding carboxylic acids is 1. The molecule has 1 fully saturated rings. The van der Waals surface area contributed by atoms with Crippen molar-refractivity contribution in [1.82, 2.24) is 10.3 Å². The van der Waals surface area contributed by atoms with Crippen molar-refractivity contribution in [3.63, 3.8) is 0 Å². The number of carboxylic acids is 1.